The number of benzene rings is 2. The van der Waals surface area contributed by atoms with Crippen molar-refractivity contribution in [1.29, 1.82) is 0 Å². The Labute approximate surface area is 184 Å². The quantitative estimate of drug-likeness (QED) is 0.459. The summed E-state index contributed by atoms with van der Waals surface area (Å²) in [6.07, 6.45) is 4.63. The van der Waals surface area contributed by atoms with Gasteiger partial charge in [-0.1, -0.05) is 18.2 Å². The van der Waals surface area contributed by atoms with E-state index >= 15 is 0 Å². The molecule has 1 aliphatic rings. The molecule has 2 amide bonds. The summed E-state index contributed by atoms with van der Waals surface area (Å²) in [6.45, 7) is 3.85. The number of nitrogens with zero attached hydrogens (tertiary/aromatic N) is 3. The molecule has 5 rings (SSSR count). The summed E-state index contributed by atoms with van der Waals surface area (Å²) in [4.78, 5) is 33.1. The van der Waals surface area contributed by atoms with Crippen LogP contribution in [-0.2, 0) is 4.79 Å². The van der Waals surface area contributed by atoms with Crippen molar-refractivity contribution < 1.29 is 18.4 Å². The van der Waals surface area contributed by atoms with Crippen molar-refractivity contribution in [2.24, 2.45) is 0 Å². The lowest BCUT2D eigenvalue weighted by atomic mass is 9.99. The number of oxazole rings is 1. The fourth-order valence-electron chi connectivity index (χ4n) is 4.18. The van der Waals surface area contributed by atoms with Crippen molar-refractivity contribution in [3.05, 3.63) is 79.1 Å². The van der Waals surface area contributed by atoms with E-state index in [2.05, 4.69) is 4.98 Å². The van der Waals surface area contributed by atoms with Crippen molar-refractivity contribution in [3.63, 3.8) is 0 Å². The molecular formula is C25H21N3O4. The first kappa shape index (κ1) is 19.8. The smallest absolute Gasteiger partial charge is 0.294 e. The first-order valence-corrected chi connectivity index (χ1v) is 10.3. The fourth-order valence-corrected chi connectivity index (χ4v) is 4.18. The van der Waals surface area contributed by atoms with Crippen LogP contribution in [0.3, 0.4) is 0 Å². The zero-order valence-corrected chi connectivity index (χ0v) is 17.7. The van der Waals surface area contributed by atoms with Gasteiger partial charge in [-0.2, -0.15) is 0 Å². The predicted octanol–water partition coefficient (Wildman–Crippen LogP) is 5.00. The second kappa shape index (κ2) is 7.85. The van der Waals surface area contributed by atoms with Crippen molar-refractivity contribution in [1.82, 2.24) is 4.98 Å². The van der Waals surface area contributed by atoms with Gasteiger partial charge in [0.2, 0.25) is 11.8 Å². The van der Waals surface area contributed by atoms with Gasteiger partial charge >= 0.3 is 0 Å². The molecule has 0 radical (unpaired) electrons. The van der Waals surface area contributed by atoms with E-state index < -0.39 is 0 Å². The van der Waals surface area contributed by atoms with Gasteiger partial charge in [-0.05, 0) is 54.4 Å². The Bertz CT molecular complexity index is 1260. The van der Waals surface area contributed by atoms with E-state index in [1.165, 1.54) is 6.26 Å². The number of aromatic nitrogens is 1. The Morgan fingerprint density at radius 2 is 1.69 bits per heavy atom. The van der Waals surface area contributed by atoms with Crippen LogP contribution < -0.4 is 9.80 Å². The van der Waals surface area contributed by atoms with Gasteiger partial charge in [0.1, 0.15) is 6.26 Å². The third-order valence-electron chi connectivity index (χ3n) is 5.63. The van der Waals surface area contributed by atoms with Gasteiger partial charge in [0.25, 0.3) is 5.91 Å². The van der Waals surface area contributed by atoms with Crippen molar-refractivity contribution in [2.75, 3.05) is 16.3 Å². The summed E-state index contributed by atoms with van der Waals surface area (Å²) in [5.74, 6) is 0.526. The second-order valence-corrected chi connectivity index (χ2v) is 7.75. The first-order chi connectivity index (χ1) is 15.5. The van der Waals surface area contributed by atoms with Crippen LogP contribution in [0.15, 0.2) is 82.2 Å². The molecule has 7 nitrogen and oxygen atoms in total. The van der Waals surface area contributed by atoms with Crippen LogP contribution in [-0.4, -0.2) is 29.4 Å². The molecule has 32 heavy (non-hydrogen) atoms. The Kier molecular flexibility index (Phi) is 4.86. The minimum Gasteiger partial charge on any atom is -0.459 e. The predicted molar refractivity (Wildman–Crippen MR) is 120 cm³/mol. The Balaban J connectivity index is 1.57. The highest BCUT2D eigenvalue weighted by Crippen LogP contribution is 2.39. The van der Waals surface area contributed by atoms with Crippen LogP contribution in [0.4, 0.5) is 11.4 Å². The lowest BCUT2D eigenvalue weighted by Crippen LogP contribution is -2.51. The number of hydrogen-bond acceptors (Lipinski definition) is 5. The van der Waals surface area contributed by atoms with Crippen molar-refractivity contribution in [3.8, 4) is 22.6 Å². The zero-order valence-electron chi connectivity index (χ0n) is 17.7. The molecule has 3 heterocycles. The molecule has 1 atom stereocenters. The van der Waals surface area contributed by atoms with Gasteiger partial charge in [0.15, 0.2) is 5.76 Å². The molecule has 1 unspecified atom stereocenters. The average molecular weight is 427 g/mol. The van der Waals surface area contributed by atoms with Crippen LogP contribution in [0.5, 0.6) is 0 Å². The average Bonchev–Trinajstić information content (AvgIpc) is 3.52. The molecule has 2 aromatic carbocycles. The molecule has 0 spiro atoms. The van der Waals surface area contributed by atoms with E-state index in [-0.39, 0.29) is 23.6 Å². The lowest BCUT2D eigenvalue weighted by molar-refractivity contribution is -0.117. The molecule has 0 aliphatic carbocycles. The van der Waals surface area contributed by atoms with Crippen LogP contribution in [0.25, 0.3) is 22.6 Å². The molecule has 1 aliphatic heterocycles. The van der Waals surface area contributed by atoms with Gasteiger partial charge in [-0.3, -0.25) is 9.59 Å². The van der Waals surface area contributed by atoms with Gasteiger partial charge in [-0.15, -0.1) is 0 Å². The Hall–Kier alpha value is -4.13. The molecule has 7 heteroatoms. The van der Waals surface area contributed by atoms with Gasteiger partial charge < -0.3 is 18.6 Å². The number of carbonyl (C=O) groups excluding carboxylic acids is 2. The first-order valence-electron chi connectivity index (χ1n) is 10.3. The van der Waals surface area contributed by atoms with Gasteiger partial charge in [0.05, 0.1) is 29.9 Å². The standard InChI is InChI=1S/C25H21N3O4/c1-16-15-27(25(30)23-4-3-12-31-23)22-14-20(9-10-21(22)28(16)17(2)29)18-5-7-19(8-6-18)24-26-11-13-32-24/h3-14,16H,15H2,1-2H3. The molecular weight excluding hydrogens is 406 g/mol. The van der Waals surface area contributed by atoms with Crippen LogP contribution in [0.2, 0.25) is 0 Å². The molecule has 0 saturated carbocycles. The molecule has 0 bridgehead atoms. The minimum absolute atomic E-state index is 0.0631. The monoisotopic (exact) mass is 427 g/mol. The molecule has 2 aromatic heterocycles. The third kappa shape index (κ3) is 3.37. The number of carbonyl (C=O) groups is 2. The summed E-state index contributed by atoms with van der Waals surface area (Å²) >= 11 is 0. The molecule has 4 aromatic rings. The highest BCUT2D eigenvalue weighted by atomic mass is 16.3. The van der Waals surface area contributed by atoms with Gasteiger partial charge in [0, 0.05) is 19.0 Å². The second-order valence-electron chi connectivity index (χ2n) is 7.75. The summed E-state index contributed by atoms with van der Waals surface area (Å²) in [7, 11) is 0. The topological polar surface area (TPSA) is 79.8 Å². The normalized spacial score (nSPS) is 15.5. The minimum atomic E-state index is -0.234. The number of amides is 2. The van der Waals surface area contributed by atoms with E-state index in [9.17, 15) is 9.59 Å². The maximum absolute atomic E-state index is 13.2. The van der Waals surface area contributed by atoms with Crippen LogP contribution in [0, 0.1) is 0 Å². The number of rotatable bonds is 3. The zero-order chi connectivity index (χ0) is 22.2. The van der Waals surface area contributed by atoms with E-state index in [0.29, 0.717) is 23.8 Å². The van der Waals surface area contributed by atoms with E-state index in [1.54, 1.807) is 41.3 Å². The molecule has 160 valence electrons. The number of hydrogen-bond donors (Lipinski definition) is 0. The molecule has 0 N–H and O–H groups in total. The Morgan fingerprint density at radius 1 is 0.938 bits per heavy atom. The van der Waals surface area contributed by atoms with E-state index in [0.717, 1.165) is 16.7 Å². The maximum atomic E-state index is 13.2. The highest BCUT2D eigenvalue weighted by Gasteiger charge is 2.35. The SMILES string of the molecule is CC(=O)N1c2ccc(-c3ccc(-c4ncco4)cc3)cc2N(C(=O)c2ccco2)CC1C. The van der Waals surface area contributed by atoms with Crippen molar-refractivity contribution in [2.45, 2.75) is 19.9 Å². The third-order valence-corrected chi connectivity index (χ3v) is 5.63. The largest absolute Gasteiger partial charge is 0.459 e. The maximum Gasteiger partial charge on any atom is 0.294 e. The van der Waals surface area contributed by atoms with Gasteiger partial charge in [-0.25, -0.2) is 4.98 Å². The van der Waals surface area contributed by atoms with Crippen molar-refractivity contribution >= 4 is 23.2 Å². The number of furan rings is 1. The molecule has 0 fully saturated rings. The van der Waals surface area contributed by atoms with E-state index in [1.807, 2.05) is 49.4 Å². The van der Waals surface area contributed by atoms with Crippen LogP contribution >= 0.6 is 0 Å². The summed E-state index contributed by atoms with van der Waals surface area (Å²) < 4.78 is 10.7. The molecule has 0 saturated heterocycles. The number of fused-ring (bicyclic) bond motifs is 1. The van der Waals surface area contributed by atoms with Crippen LogP contribution in [0.1, 0.15) is 24.4 Å². The number of anilines is 2. The summed E-state index contributed by atoms with van der Waals surface area (Å²) in [6, 6.07) is 16.8. The fraction of sp³-hybridized carbons (Fsp3) is 0.160. The Morgan fingerprint density at radius 3 is 2.34 bits per heavy atom. The highest BCUT2D eigenvalue weighted by molar-refractivity contribution is 6.10. The summed E-state index contributed by atoms with van der Waals surface area (Å²) in [5, 5.41) is 0. The van der Waals surface area contributed by atoms with E-state index in [4.69, 9.17) is 8.83 Å². The summed E-state index contributed by atoms with van der Waals surface area (Å²) in [5.41, 5.74) is 4.16. The lowest BCUT2D eigenvalue weighted by Gasteiger charge is -2.40.